The van der Waals surface area contributed by atoms with Crippen molar-refractivity contribution in [3.63, 3.8) is 0 Å². The first kappa shape index (κ1) is 9.69. The monoisotopic (exact) mass is 103 g/mol. The summed E-state index contributed by atoms with van der Waals surface area (Å²) in [5, 5.41) is 3.77. The van der Waals surface area contributed by atoms with Gasteiger partial charge >= 0.3 is 18.9 Å². The zero-order valence-electron chi connectivity index (χ0n) is 3.21. The van der Waals surface area contributed by atoms with E-state index in [0.29, 0.717) is 0 Å². The van der Waals surface area contributed by atoms with E-state index < -0.39 is 10.3 Å². The molecular weight excluding hydrogens is 101 g/mol. The first-order valence-corrected chi connectivity index (χ1v) is 2.21. The Hall–Kier alpha value is 0.467. The summed E-state index contributed by atoms with van der Waals surface area (Å²) in [6.45, 7) is 0. The maximum atomic E-state index is 8.85. The Bertz CT molecular complexity index is 94.0. The molecule has 0 aromatic carbocycles. The van der Waals surface area contributed by atoms with Gasteiger partial charge in [-0.1, -0.05) is 0 Å². The summed E-state index contributed by atoms with van der Waals surface area (Å²) >= 11 is 0. The minimum atomic E-state index is -4.42. The van der Waals surface area contributed by atoms with Gasteiger partial charge in [0.1, 0.15) is 0 Å². The zero-order valence-corrected chi connectivity index (χ0v) is 4.03. The minimum Gasteiger partial charge on any atom is -0.736 e. The van der Waals surface area contributed by atoms with E-state index in [0.717, 1.165) is 0 Å². The molecule has 32 valence electrons. The molecule has 0 fully saturated rings. The van der Waals surface area contributed by atoms with Gasteiger partial charge in [0.2, 0.25) is 0 Å². The molecule has 0 saturated carbocycles. The number of hydrogen-bond donors (Lipinski definition) is 1. The Kier molecular flexibility index (Phi) is 4.21. The van der Waals surface area contributed by atoms with Crippen LogP contribution >= 0.6 is 0 Å². The van der Waals surface area contributed by atoms with Crippen LogP contribution in [0, 0.1) is 0 Å². The van der Waals surface area contributed by atoms with Gasteiger partial charge in [0.25, 0.3) is 0 Å². The van der Waals surface area contributed by atoms with Crippen LogP contribution in [0.4, 0.5) is 0 Å². The molecule has 0 spiro atoms. The van der Waals surface area contributed by atoms with Crippen LogP contribution < -0.4 is 24.0 Å². The molecule has 0 aliphatic heterocycles. The SMILES string of the molecule is NS(=O)(=O)[O-].[Li+]. The van der Waals surface area contributed by atoms with Crippen LogP contribution in [-0.2, 0) is 10.3 Å². The zero-order chi connectivity index (χ0) is 4.50. The molecule has 6 heavy (non-hydrogen) atoms. The van der Waals surface area contributed by atoms with Gasteiger partial charge in [0, 0.05) is 0 Å². The van der Waals surface area contributed by atoms with Gasteiger partial charge in [-0.3, -0.25) is 0 Å². The van der Waals surface area contributed by atoms with Crippen molar-refractivity contribution < 1.29 is 31.8 Å². The molecule has 2 N–H and O–H groups in total. The van der Waals surface area contributed by atoms with E-state index in [2.05, 4.69) is 5.14 Å². The Balaban J connectivity index is 0. The molecule has 0 bridgehead atoms. The number of rotatable bonds is 0. The van der Waals surface area contributed by atoms with Crippen molar-refractivity contribution in [1.82, 2.24) is 0 Å². The maximum absolute atomic E-state index is 8.85. The summed E-state index contributed by atoms with van der Waals surface area (Å²) in [5.41, 5.74) is 0. The van der Waals surface area contributed by atoms with E-state index in [9.17, 15) is 0 Å². The van der Waals surface area contributed by atoms with Gasteiger partial charge in [-0.15, -0.1) is 0 Å². The molecule has 0 heterocycles. The normalized spacial score (nSPS) is 9.67. The number of hydrogen-bond acceptors (Lipinski definition) is 3. The van der Waals surface area contributed by atoms with Crippen molar-refractivity contribution in [2.75, 3.05) is 0 Å². The third kappa shape index (κ3) is 246. The van der Waals surface area contributed by atoms with E-state index >= 15 is 0 Å². The van der Waals surface area contributed by atoms with Gasteiger partial charge in [0.15, 0.2) is 10.3 Å². The van der Waals surface area contributed by atoms with Crippen LogP contribution in [0.15, 0.2) is 0 Å². The van der Waals surface area contributed by atoms with Crippen LogP contribution in [0.5, 0.6) is 0 Å². The maximum Gasteiger partial charge on any atom is 1.00 e. The van der Waals surface area contributed by atoms with E-state index in [1.165, 1.54) is 0 Å². The summed E-state index contributed by atoms with van der Waals surface area (Å²) in [4.78, 5) is 0. The molecule has 0 aliphatic carbocycles. The van der Waals surface area contributed by atoms with Crippen LogP contribution in [-0.4, -0.2) is 13.0 Å². The second-order valence-corrected chi connectivity index (χ2v) is 1.48. The largest absolute Gasteiger partial charge is 1.00 e. The van der Waals surface area contributed by atoms with Crippen molar-refractivity contribution in [3.8, 4) is 0 Å². The molecular formula is H2LiNO3S. The third-order valence-corrected chi connectivity index (χ3v) is 0. The Labute approximate surface area is 47.8 Å². The van der Waals surface area contributed by atoms with Crippen molar-refractivity contribution in [2.45, 2.75) is 0 Å². The van der Waals surface area contributed by atoms with Crippen LogP contribution in [0.1, 0.15) is 0 Å². The molecule has 6 heteroatoms. The van der Waals surface area contributed by atoms with Gasteiger partial charge in [0.05, 0.1) is 0 Å². The van der Waals surface area contributed by atoms with Gasteiger partial charge in [-0.05, 0) is 0 Å². The molecule has 0 aromatic heterocycles. The van der Waals surface area contributed by atoms with E-state index in [4.69, 9.17) is 13.0 Å². The molecule has 0 radical (unpaired) electrons. The average Bonchev–Trinajstić information content (AvgIpc) is 0.722. The van der Waals surface area contributed by atoms with Crippen LogP contribution in [0.2, 0.25) is 0 Å². The first-order chi connectivity index (χ1) is 2.00. The Morgan fingerprint density at radius 3 is 1.50 bits per heavy atom. The summed E-state index contributed by atoms with van der Waals surface area (Å²) in [6, 6.07) is 0. The van der Waals surface area contributed by atoms with E-state index in [1.807, 2.05) is 0 Å². The Morgan fingerprint density at radius 1 is 1.50 bits per heavy atom. The summed E-state index contributed by atoms with van der Waals surface area (Å²) in [6.07, 6.45) is 0. The third-order valence-electron chi connectivity index (χ3n) is 0. The van der Waals surface area contributed by atoms with Crippen molar-refractivity contribution in [3.05, 3.63) is 0 Å². The molecule has 4 nitrogen and oxygen atoms in total. The van der Waals surface area contributed by atoms with Crippen molar-refractivity contribution in [2.24, 2.45) is 5.14 Å². The van der Waals surface area contributed by atoms with Crippen molar-refractivity contribution in [1.29, 1.82) is 0 Å². The fourth-order valence-corrected chi connectivity index (χ4v) is 0. The van der Waals surface area contributed by atoms with E-state index in [-0.39, 0.29) is 18.9 Å². The second-order valence-electron chi connectivity index (χ2n) is 0.493. The van der Waals surface area contributed by atoms with Crippen LogP contribution in [0.3, 0.4) is 0 Å². The fourth-order valence-electron chi connectivity index (χ4n) is 0. The summed E-state index contributed by atoms with van der Waals surface area (Å²) < 4.78 is 26.6. The van der Waals surface area contributed by atoms with Gasteiger partial charge < -0.3 is 4.55 Å². The first-order valence-electron chi connectivity index (χ1n) is 0.736. The molecule has 0 saturated heterocycles. The average molecular weight is 103 g/mol. The molecule has 0 aromatic rings. The smallest absolute Gasteiger partial charge is 0.736 e. The van der Waals surface area contributed by atoms with Crippen molar-refractivity contribution >= 4 is 10.3 Å². The predicted molar refractivity (Wildman–Crippen MR) is 13.9 cm³/mol. The topological polar surface area (TPSA) is 83.2 Å². The fraction of sp³-hybridized carbons (Fsp3) is 0. The summed E-state index contributed by atoms with van der Waals surface area (Å²) in [7, 11) is -4.42. The predicted octanol–water partition coefficient (Wildman–Crippen LogP) is -4.59. The Morgan fingerprint density at radius 2 is 1.50 bits per heavy atom. The second kappa shape index (κ2) is 2.61. The van der Waals surface area contributed by atoms with Gasteiger partial charge in [-0.2, -0.15) is 0 Å². The molecule has 0 aliphatic rings. The molecule has 0 atom stereocenters. The van der Waals surface area contributed by atoms with Gasteiger partial charge in [-0.25, -0.2) is 13.6 Å². The standard InChI is InChI=1S/Li.H3NO3S/c;1-5(2,3)4/h;(H3,1,2,3,4)/q+1;/p-1. The molecule has 0 rings (SSSR count). The van der Waals surface area contributed by atoms with Crippen LogP contribution in [0.25, 0.3) is 0 Å². The minimum absolute atomic E-state index is 0. The number of nitrogens with two attached hydrogens (primary N) is 1. The summed E-state index contributed by atoms with van der Waals surface area (Å²) in [5.74, 6) is 0. The molecule has 0 unspecified atom stereocenters. The van der Waals surface area contributed by atoms with E-state index in [1.54, 1.807) is 0 Å². The quantitative estimate of drug-likeness (QED) is 0.247. The molecule has 0 amide bonds.